The van der Waals surface area contributed by atoms with E-state index in [0.717, 1.165) is 4.88 Å². The largest absolute Gasteiger partial charge is 0.347 e. The summed E-state index contributed by atoms with van der Waals surface area (Å²) in [6.45, 7) is 2.65. The van der Waals surface area contributed by atoms with Gasteiger partial charge in [-0.25, -0.2) is 9.97 Å². The van der Waals surface area contributed by atoms with Gasteiger partial charge in [0.05, 0.1) is 13.0 Å². The maximum Gasteiger partial charge on any atom is 0.242 e. The molecule has 1 saturated heterocycles. The monoisotopic (exact) mass is 345 g/mol. The van der Waals surface area contributed by atoms with Crippen molar-refractivity contribution in [2.45, 2.75) is 6.42 Å². The van der Waals surface area contributed by atoms with E-state index in [1.165, 1.54) is 11.3 Å². The van der Waals surface area contributed by atoms with E-state index in [4.69, 9.17) is 0 Å². The third-order valence-corrected chi connectivity index (χ3v) is 4.70. The van der Waals surface area contributed by atoms with Gasteiger partial charge in [-0.15, -0.1) is 11.3 Å². The maximum absolute atomic E-state index is 12.2. The van der Waals surface area contributed by atoms with E-state index in [0.29, 0.717) is 38.5 Å². The van der Waals surface area contributed by atoms with Crippen LogP contribution in [0.4, 0.5) is 5.95 Å². The Morgan fingerprint density at radius 2 is 1.88 bits per heavy atom. The topological polar surface area (TPSA) is 78.4 Å². The predicted octanol–water partition coefficient (Wildman–Crippen LogP) is 0.546. The second-order valence-corrected chi connectivity index (χ2v) is 6.48. The van der Waals surface area contributed by atoms with E-state index in [2.05, 4.69) is 20.2 Å². The van der Waals surface area contributed by atoms with Gasteiger partial charge in [-0.3, -0.25) is 9.59 Å². The first-order valence-electron chi connectivity index (χ1n) is 7.81. The van der Waals surface area contributed by atoms with Gasteiger partial charge in [-0.05, 0) is 17.5 Å². The third-order valence-electron chi connectivity index (χ3n) is 3.82. The van der Waals surface area contributed by atoms with Crippen molar-refractivity contribution in [3.8, 4) is 0 Å². The van der Waals surface area contributed by atoms with E-state index in [-0.39, 0.29) is 18.4 Å². The average molecular weight is 345 g/mol. The normalized spacial score (nSPS) is 14.5. The van der Waals surface area contributed by atoms with Gasteiger partial charge in [-0.1, -0.05) is 6.07 Å². The Morgan fingerprint density at radius 3 is 2.54 bits per heavy atom. The Bertz CT molecular complexity index is 669. The molecule has 8 heteroatoms. The predicted molar refractivity (Wildman–Crippen MR) is 91.9 cm³/mol. The van der Waals surface area contributed by atoms with E-state index in [1.807, 2.05) is 17.5 Å². The van der Waals surface area contributed by atoms with Crippen molar-refractivity contribution in [1.82, 2.24) is 20.2 Å². The summed E-state index contributed by atoms with van der Waals surface area (Å²) in [6.07, 6.45) is 3.75. The molecule has 7 nitrogen and oxygen atoms in total. The lowest BCUT2D eigenvalue weighted by atomic mass is 10.3. The summed E-state index contributed by atoms with van der Waals surface area (Å²) in [5.41, 5.74) is 0. The van der Waals surface area contributed by atoms with Crippen molar-refractivity contribution in [2.24, 2.45) is 0 Å². The summed E-state index contributed by atoms with van der Waals surface area (Å²) in [6, 6.07) is 5.60. The number of rotatable bonds is 5. The van der Waals surface area contributed by atoms with Gasteiger partial charge in [0.1, 0.15) is 0 Å². The lowest BCUT2D eigenvalue weighted by Crippen LogP contribution is -2.51. The minimum atomic E-state index is -0.123. The Morgan fingerprint density at radius 1 is 1.12 bits per heavy atom. The van der Waals surface area contributed by atoms with Crippen LogP contribution in [-0.2, 0) is 16.0 Å². The first-order valence-corrected chi connectivity index (χ1v) is 8.69. The van der Waals surface area contributed by atoms with Crippen LogP contribution < -0.4 is 10.2 Å². The number of nitrogens with one attached hydrogen (secondary N) is 1. The summed E-state index contributed by atoms with van der Waals surface area (Å²) >= 11 is 1.54. The molecule has 1 aliphatic rings. The third kappa shape index (κ3) is 4.29. The summed E-state index contributed by atoms with van der Waals surface area (Å²) in [7, 11) is 0. The first kappa shape index (κ1) is 16.4. The van der Waals surface area contributed by atoms with Gasteiger partial charge < -0.3 is 15.1 Å². The SMILES string of the molecule is O=C(Cc1cccs1)NCC(=O)N1CCN(c2ncccn2)CC1. The quantitative estimate of drug-likeness (QED) is 0.856. The second-order valence-electron chi connectivity index (χ2n) is 5.45. The lowest BCUT2D eigenvalue weighted by Gasteiger charge is -2.34. The molecule has 0 aromatic carbocycles. The molecule has 2 aromatic heterocycles. The number of thiophene rings is 1. The average Bonchev–Trinajstić information content (AvgIpc) is 3.13. The zero-order valence-corrected chi connectivity index (χ0v) is 14.0. The van der Waals surface area contributed by atoms with Crippen molar-refractivity contribution >= 4 is 29.1 Å². The fourth-order valence-electron chi connectivity index (χ4n) is 2.53. The summed E-state index contributed by atoms with van der Waals surface area (Å²) in [5, 5.41) is 4.63. The van der Waals surface area contributed by atoms with Crippen LogP contribution in [0.2, 0.25) is 0 Å². The number of nitrogens with zero attached hydrogens (tertiary/aromatic N) is 4. The van der Waals surface area contributed by atoms with E-state index in [9.17, 15) is 9.59 Å². The summed E-state index contributed by atoms with van der Waals surface area (Å²) in [5.74, 6) is 0.513. The van der Waals surface area contributed by atoms with Crippen LogP contribution in [0.3, 0.4) is 0 Å². The van der Waals surface area contributed by atoms with Crippen molar-refractivity contribution in [3.05, 3.63) is 40.8 Å². The van der Waals surface area contributed by atoms with Gasteiger partial charge in [0.2, 0.25) is 17.8 Å². The van der Waals surface area contributed by atoms with E-state index < -0.39 is 0 Å². The van der Waals surface area contributed by atoms with Crippen LogP contribution in [0.5, 0.6) is 0 Å². The molecule has 126 valence electrons. The Balaban J connectivity index is 1.41. The minimum absolute atomic E-state index is 0.0477. The molecule has 0 aliphatic carbocycles. The molecule has 0 saturated carbocycles. The Labute approximate surface area is 144 Å². The number of anilines is 1. The molecule has 24 heavy (non-hydrogen) atoms. The number of hydrogen-bond acceptors (Lipinski definition) is 6. The van der Waals surface area contributed by atoms with E-state index in [1.54, 1.807) is 23.4 Å². The Kier molecular flexibility index (Phi) is 5.37. The molecule has 0 bridgehead atoms. The minimum Gasteiger partial charge on any atom is -0.347 e. The zero-order chi connectivity index (χ0) is 16.8. The van der Waals surface area contributed by atoms with Crippen molar-refractivity contribution in [2.75, 3.05) is 37.6 Å². The molecule has 0 atom stereocenters. The highest BCUT2D eigenvalue weighted by Gasteiger charge is 2.22. The van der Waals surface area contributed by atoms with Crippen molar-refractivity contribution in [3.63, 3.8) is 0 Å². The molecular formula is C16H19N5O2S. The van der Waals surface area contributed by atoms with Crippen LogP contribution in [0.25, 0.3) is 0 Å². The van der Waals surface area contributed by atoms with Crippen LogP contribution in [0.1, 0.15) is 4.88 Å². The van der Waals surface area contributed by atoms with Crippen LogP contribution in [0, 0.1) is 0 Å². The van der Waals surface area contributed by atoms with Crippen LogP contribution in [-0.4, -0.2) is 59.4 Å². The number of amides is 2. The van der Waals surface area contributed by atoms with Gasteiger partial charge >= 0.3 is 0 Å². The molecule has 0 spiro atoms. The fraction of sp³-hybridized carbons (Fsp3) is 0.375. The molecule has 1 N–H and O–H groups in total. The molecule has 1 fully saturated rings. The highest BCUT2D eigenvalue weighted by Crippen LogP contribution is 2.10. The zero-order valence-electron chi connectivity index (χ0n) is 13.2. The number of carbonyl (C=O) groups excluding carboxylic acids is 2. The Hall–Kier alpha value is -2.48. The molecule has 3 rings (SSSR count). The number of piperazine rings is 1. The van der Waals surface area contributed by atoms with Crippen molar-refractivity contribution in [1.29, 1.82) is 0 Å². The van der Waals surface area contributed by atoms with Crippen LogP contribution >= 0.6 is 11.3 Å². The summed E-state index contributed by atoms with van der Waals surface area (Å²) in [4.78, 5) is 37.3. The van der Waals surface area contributed by atoms with Gasteiger partial charge in [0, 0.05) is 43.4 Å². The standard InChI is InChI=1S/C16H19N5O2S/c22-14(11-13-3-1-10-24-13)19-12-15(23)20-6-8-21(9-7-20)16-17-4-2-5-18-16/h1-5,10H,6-9,11-12H2,(H,19,22). The second kappa shape index (κ2) is 7.87. The number of hydrogen-bond donors (Lipinski definition) is 1. The van der Waals surface area contributed by atoms with Crippen LogP contribution in [0.15, 0.2) is 36.0 Å². The number of carbonyl (C=O) groups is 2. The first-order chi connectivity index (χ1) is 11.7. The fourth-order valence-corrected chi connectivity index (χ4v) is 3.23. The molecular weight excluding hydrogens is 326 g/mol. The molecule has 2 aromatic rings. The molecule has 2 amide bonds. The molecule has 0 unspecified atom stereocenters. The molecule has 3 heterocycles. The highest BCUT2D eigenvalue weighted by molar-refractivity contribution is 7.10. The lowest BCUT2D eigenvalue weighted by molar-refractivity contribution is -0.133. The maximum atomic E-state index is 12.2. The van der Waals surface area contributed by atoms with Gasteiger partial charge in [0.15, 0.2) is 0 Å². The van der Waals surface area contributed by atoms with Gasteiger partial charge in [-0.2, -0.15) is 0 Å². The molecule has 0 radical (unpaired) electrons. The molecule has 1 aliphatic heterocycles. The smallest absolute Gasteiger partial charge is 0.242 e. The number of aromatic nitrogens is 2. The van der Waals surface area contributed by atoms with Crippen molar-refractivity contribution < 1.29 is 9.59 Å². The highest BCUT2D eigenvalue weighted by atomic mass is 32.1. The van der Waals surface area contributed by atoms with E-state index >= 15 is 0 Å². The summed E-state index contributed by atoms with van der Waals surface area (Å²) < 4.78 is 0. The van der Waals surface area contributed by atoms with Gasteiger partial charge in [0.25, 0.3) is 0 Å².